The van der Waals surface area contributed by atoms with E-state index < -0.39 is 11.9 Å². The van der Waals surface area contributed by atoms with Crippen LogP contribution in [0.1, 0.15) is 37.1 Å². The van der Waals surface area contributed by atoms with E-state index in [0.29, 0.717) is 0 Å². The monoisotopic (exact) mass is 595 g/mol. The van der Waals surface area contributed by atoms with Crippen LogP contribution in [0.25, 0.3) is 16.9 Å². The smallest absolute Gasteiger partial charge is 0.322 e. The van der Waals surface area contributed by atoms with Gasteiger partial charge < -0.3 is 9.97 Å². The molecule has 0 unspecified atom stereocenters. The molecule has 3 aromatic heterocycles. The Morgan fingerprint density at radius 3 is 2.48 bits per heavy atom. The molecule has 1 aromatic carbocycles. The molecule has 0 spiro atoms. The minimum atomic E-state index is -0.940. The van der Waals surface area contributed by atoms with Gasteiger partial charge in [0.25, 0.3) is 0 Å². The van der Waals surface area contributed by atoms with Gasteiger partial charge in [-0.05, 0) is 30.7 Å². The molecule has 1 saturated carbocycles. The van der Waals surface area contributed by atoms with Gasteiger partial charge >= 0.3 is 21.1 Å². The molecule has 0 bridgehead atoms. The van der Waals surface area contributed by atoms with Crippen LogP contribution in [0, 0.1) is 24.0 Å². The molecule has 0 amide bonds. The van der Waals surface area contributed by atoms with Crippen molar-refractivity contribution in [1.29, 1.82) is 0 Å². The van der Waals surface area contributed by atoms with Gasteiger partial charge in [-0.1, -0.05) is 25.0 Å². The van der Waals surface area contributed by atoms with Gasteiger partial charge in [-0.3, -0.25) is 13.5 Å². The van der Waals surface area contributed by atoms with E-state index in [1.54, 1.807) is 6.20 Å². The number of halogens is 2. The quantitative estimate of drug-likeness (QED) is 0.245. The molecule has 0 aliphatic heterocycles. The number of hydrogen-bond acceptors (Lipinski definition) is 3. The average molecular weight is 596 g/mol. The summed E-state index contributed by atoms with van der Waals surface area (Å²) in [5.74, 6) is -1.85. The van der Waals surface area contributed by atoms with Crippen LogP contribution in [0.3, 0.4) is 0 Å². The Bertz CT molecular complexity index is 1190. The van der Waals surface area contributed by atoms with Crippen molar-refractivity contribution in [3.05, 3.63) is 96.2 Å². The van der Waals surface area contributed by atoms with Crippen LogP contribution in [-0.4, -0.2) is 19.7 Å². The van der Waals surface area contributed by atoms with Crippen LogP contribution in [0.5, 0.6) is 0 Å². The maximum Gasteiger partial charge on any atom is 2.00 e. The molecule has 31 heavy (non-hydrogen) atoms. The molecular formula is C24H18F2N4Pt. The van der Waals surface area contributed by atoms with E-state index in [0.717, 1.165) is 54.4 Å². The molecule has 0 atom stereocenters. The zero-order valence-corrected chi connectivity index (χ0v) is 18.7. The second kappa shape index (κ2) is 8.80. The van der Waals surface area contributed by atoms with Crippen LogP contribution >= 0.6 is 0 Å². The van der Waals surface area contributed by atoms with Gasteiger partial charge in [-0.2, -0.15) is 5.10 Å². The van der Waals surface area contributed by atoms with Gasteiger partial charge in [-0.15, -0.1) is 48.0 Å². The van der Waals surface area contributed by atoms with E-state index in [2.05, 4.69) is 22.2 Å². The Hall–Kier alpha value is -2.72. The minimum Gasteiger partial charge on any atom is -0.322 e. The first kappa shape index (κ1) is 21.5. The molecule has 1 aliphatic carbocycles. The largest absolute Gasteiger partial charge is 2.00 e. The molecule has 1 fully saturated rings. The predicted molar refractivity (Wildman–Crippen MR) is 108 cm³/mol. The number of pyridine rings is 2. The molecule has 5 rings (SSSR count). The molecule has 4 nitrogen and oxygen atoms in total. The second-order valence-corrected chi connectivity index (χ2v) is 7.48. The molecule has 0 radical (unpaired) electrons. The maximum absolute atomic E-state index is 14.1. The van der Waals surface area contributed by atoms with Crippen molar-refractivity contribution in [1.82, 2.24) is 19.7 Å². The van der Waals surface area contributed by atoms with Gasteiger partial charge in [0.15, 0.2) is 0 Å². The zero-order chi connectivity index (χ0) is 20.6. The van der Waals surface area contributed by atoms with Crippen molar-refractivity contribution in [3.63, 3.8) is 0 Å². The molecule has 7 heteroatoms. The summed E-state index contributed by atoms with van der Waals surface area (Å²) in [6.07, 6.45) is 5.61. The third kappa shape index (κ3) is 3.97. The third-order valence-electron chi connectivity index (χ3n) is 5.72. The first-order chi connectivity index (χ1) is 14.7. The predicted octanol–water partition coefficient (Wildman–Crippen LogP) is 5.07. The third-order valence-corrected chi connectivity index (χ3v) is 5.72. The van der Waals surface area contributed by atoms with E-state index >= 15 is 0 Å². The number of benzene rings is 1. The van der Waals surface area contributed by atoms with E-state index in [-0.39, 0.29) is 32.2 Å². The van der Waals surface area contributed by atoms with Crippen molar-refractivity contribution in [2.45, 2.75) is 31.1 Å². The zero-order valence-electron chi connectivity index (χ0n) is 16.5. The second-order valence-electron chi connectivity index (χ2n) is 7.48. The summed E-state index contributed by atoms with van der Waals surface area (Å²) in [6, 6.07) is 22.5. The number of hydrogen-bond donors (Lipinski definition) is 0. The molecule has 0 N–H and O–H groups in total. The van der Waals surface area contributed by atoms with E-state index in [1.165, 1.54) is 4.68 Å². The van der Waals surface area contributed by atoms with Crippen LogP contribution in [0.2, 0.25) is 0 Å². The van der Waals surface area contributed by atoms with Gasteiger partial charge in [0.2, 0.25) is 0 Å². The Labute approximate surface area is 193 Å². The van der Waals surface area contributed by atoms with Gasteiger partial charge in [-0.25, -0.2) is 0 Å². The van der Waals surface area contributed by atoms with Crippen LogP contribution in [0.15, 0.2) is 60.8 Å². The first-order valence-electron chi connectivity index (χ1n) is 9.91. The molecular weight excluding hydrogens is 577 g/mol. The summed E-state index contributed by atoms with van der Waals surface area (Å²) >= 11 is 0. The number of nitrogens with zero attached hydrogens (tertiary/aromatic N) is 4. The Morgan fingerprint density at radius 2 is 1.74 bits per heavy atom. The SMILES string of the molecule is Fc1c[c-]c(-n2ccc(C3(c4cccc(-c5[c-]cccc5)n4)CCCC3)n2)c(F)n1.[Pt+2]. The first-order valence-corrected chi connectivity index (χ1v) is 9.91. The van der Waals surface area contributed by atoms with Crippen LogP contribution < -0.4 is 0 Å². The summed E-state index contributed by atoms with van der Waals surface area (Å²) in [5, 5.41) is 4.64. The van der Waals surface area contributed by atoms with Crippen molar-refractivity contribution >= 4 is 0 Å². The van der Waals surface area contributed by atoms with Crippen LogP contribution in [-0.2, 0) is 26.5 Å². The van der Waals surface area contributed by atoms with Crippen molar-refractivity contribution < 1.29 is 29.8 Å². The summed E-state index contributed by atoms with van der Waals surface area (Å²) in [7, 11) is 0. The Balaban J connectivity index is 0.00000231. The number of rotatable bonds is 4. The van der Waals surface area contributed by atoms with Gasteiger partial charge in [0, 0.05) is 17.6 Å². The van der Waals surface area contributed by atoms with Crippen molar-refractivity contribution in [3.8, 4) is 16.9 Å². The van der Waals surface area contributed by atoms with Crippen molar-refractivity contribution in [2.24, 2.45) is 0 Å². The van der Waals surface area contributed by atoms with E-state index in [4.69, 9.17) is 4.98 Å². The minimum absolute atomic E-state index is 0. The fraction of sp³-hybridized carbons (Fsp3) is 0.208. The Morgan fingerprint density at radius 1 is 0.903 bits per heavy atom. The molecule has 158 valence electrons. The fourth-order valence-electron chi connectivity index (χ4n) is 4.26. The van der Waals surface area contributed by atoms with E-state index in [1.807, 2.05) is 48.5 Å². The average Bonchev–Trinajstić information content (AvgIpc) is 3.45. The fourth-order valence-corrected chi connectivity index (χ4v) is 4.26. The molecule has 3 heterocycles. The van der Waals surface area contributed by atoms with E-state index in [9.17, 15) is 8.78 Å². The van der Waals surface area contributed by atoms with Gasteiger partial charge in [0.1, 0.15) is 5.95 Å². The number of aromatic nitrogens is 4. The van der Waals surface area contributed by atoms with Crippen molar-refractivity contribution in [2.75, 3.05) is 0 Å². The normalized spacial score (nSPS) is 14.9. The summed E-state index contributed by atoms with van der Waals surface area (Å²) in [5.41, 5.74) is 3.21. The van der Waals surface area contributed by atoms with Crippen LogP contribution in [0.4, 0.5) is 8.78 Å². The standard InChI is InChI=1S/C24H18F2N4.Pt/c25-22-12-11-19(23(26)28-22)30-16-13-21(29-30)24(14-4-5-15-24)20-10-6-9-18(27-20)17-7-2-1-3-8-17;/h1-3,6-7,9-10,12-13,16H,4-5,14-15H2;/q-2;+2. The van der Waals surface area contributed by atoms with Gasteiger partial charge in [0.05, 0.1) is 17.1 Å². The molecule has 4 aromatic rings. The summed E-state index contributed by atoms with van der Waals surface area (Å²) < 4.78 is 28.6. The maximum atomic E-state index is 14.1. The summed E-state index contributed by atoms with van der Waals surface area (Å²) in [4.78, 5) is 8.20. The molecule has 1 aliphatic rings. The summed E-state index contributed by atoms with van der Waals surface area (Å²) in [6.45, 7) is 0. The Kier molecular flexibility index (Phi) is 6.10. The topological polar surface area (TPSA) is 43.6 Å². The molecule has 0 saturated heterocycles.